The number of rotatable bonds is 6. The Balaban J connectivity index is 1.38. The van der Waals surface area contributed by atoms with Gasteiger partial charge in [-0.05, 0) is 11.6 Å². The van der Waals surface area contributed by atoms with E-state index in [9.17, 15) is 4.79 Å². The summed E-state index contributed by atoms with van der Waals surface area (Å²) >= 11 is 3.42. The van der Waals surface area contributed by atoms with E-state index in [1.807, 2.05) is 48.5 Å². The first-order chi connectivity index (χ1) is 13.8. The number of carbonyl (C=O) groups excluding carboxylic acids is 1. The van der Waals surface area contributed by atoms with Crippen molar-refractivity contribution in [2.45, 2.75) is 12.4 Å². The molecule has 3 aromatic rings. The van der Waals surface area contributed by atoms with E-state index in [1.54, 1.807) is 35.7 Å². The second kappa shape index (κ2) is 9.12. The minimum atomic E-state index is -0.360. The number of hydrogen-bond donors (Lipinski definition) is 0. The van der Waals surface area contributed by atoms with Crippen molar-refractivity contribution in [1.82, 2.24) is 5.16 Å². The number of aromatic nitrogens is 1. The van der Waals surface area contributed by atoms with Crippen LogP contribution in [0.5, 0.6) is 0 Å². The van der Waals surface area contributed by atoms with Crippen molar-refractivity contribution >= 4 is 33.9 Å². The SMILES string of the molecule is O=C(OCc1cc(-c2ccccc2)on1)c1ccccc1CSC1=NCCS1. The maximum atomic E-state index is 12.6. The summed E-state index contributed by atoms with van der Waals surface area (Å²) in [6, 6.07) is 19.0. The minimum absolute atomic E-state index is 0.0687. The molecule has 2 heterocycles. The monoisotopic (exact) mass is 410 g/mol. The van der Waals surface area contributed by atoms with Crippen LogP contribution in [0.15, 0.2) is 70.2 Å². The lowest BCUT2D eigenvalue weighted by molar-refractivity contribution is 0.0463. The van der Waals surface area contributed by atoms with Gasteiger partial charge in [0.05, 0.1) is 12.1 Å². The molecule has 5 nitrogen and oxygen atoms in total. The van der Waals surface area contributed by atoms with Crippen LogP contribution in [0, 0.1) is 0 Å². The van der Waals surface area contributed by atoms with Crippen LogP contribution in [0.4, 0.5) is 0 Å². The highest BCUT2D eigenvalue weighted by Gasteiger charge is 2.16. The van der Waals surface area contributed by atoms with Gasteiger partial charge < -0.3 is 9.26 Å². The molecule has 1 aliphatic heterocycles. The predicted molar refractivity (Wildman–Crippen MR) is 114 cm³/mol. The molecule has 4 rings (SSSR count). The molecule has 0 atom stereocenters. The Labute approximate surface area is 171 Å². The first-order valence-electron chi connectivity index (χ1n) is 8.86. The number of esters is 1. The molecule has 142 valence electrons. The van der Waals surface area contributed by atoms with Crippen molar-refractivity contribution in [2.75, 3.05) is 12.3 Å². The number of nitrogens with zero attached hydrogens (tertiary/aromatic N) is 2. The largest absolute Gasteiger partial charge is 0.455 e. The van der Waals surface area contributed by atoms with Gasteiger partial charge in [0, 0.05) is 23.1 Å². The normalized spacial score (nSPS) is 13.4. The van der Waals surface area contributed by atoms with Gasteiger partial charge in [-0.25, -0.2) is 4.79 Å². The van der Waals surface area contributed by atoms with E-state index in [4.69, 9.17) is 9.26 Å². The topological polar surface area (TPSA) is 64.7 Å². The highest BCUT2D eigenvalue weighted by molar-refractivity contribution is 8.38. The Hall–Kier alpha value is -2.51. The maximum Gasteiger partial charge on any atom is 0.338 e. The van der Waals surface area contributed by atoms with Gasteiger partial charge >= 0.3 is 5.97 Å². The molecule has 0 spiro atoms. The molecule has 0 bridgehead atoms. The molecule has 2 aromatic carbocycles. The van der Waals surface area contributed by atoms with Crippen LogP contribution in [-0.4, -0.2) is 27.8 Å². The summed E-state index contributed by atoms with van der Waals surface area (Å²) in [5.41, 5.74) is 3.03. The quantitative estimate of drug-likeness (QED) is 0.531. The summed E-state index contributed by atoms with van der Waals surface area (Å²) in [5, 5.41) is 3.99. The molecule has 0 saturated heterocycles. The summed E-state index contributed by atoms with van der Waals surface area (Å²) < 4.78 is 11.9. The Morgan fingerprint density at radius 2 is 1.96 bits per heavy atom. The summed E-state index contributed by atoms with van der Waals surface area (Å²) in [6.07, 6.45) is 0. The first kappa shape index (κ1) is 18.8. The molecule has 0 saturated carbocycles. The van der Waals surface area contributed by atoms with E-state index in [2.05, 4.69) is 10.1 Å². The molecule has 0 aliphatic carbocycles. The average Bonchev–Trinajstić information content (AvgIpc) is 3.43. The van der Waals surface area contributed by atoms with Crippen molar-refractivity contribution in [1.29, 1.82) is 0 Å². The van der Waals surface area contributed by atoms with E-state index in [0.29, 0.717) is 22.8 Å². The van der Waals surface area contributed by atoms with Crippen molar-refractivity contribution in [3.63, 3.8) is 0 Å². The maximum absolute atomic E-state index is 12.6. The van der Waals surface area contributed by atoms with Gasteiger partial charge in [0.15, 0.2) is 5.76 Å². The van der Waals surface area contributed by atoms with E-state index in [1.165, 1.54) is 0 Å². The molecule has 0 amide bonds. The molecule has 28 heavy (non-hydrogen) atoms. The van der Waals surface area contributed by atoms with Crippen LogP contribution >= 0.6 is 23.5 Å². The molecular formula is C21H18N2O3S2. The van der Waals surface area contributed by atoms with Crippen molar-refractivity contribution in [3.05, 3.63) is 77.5 Å². The molecule has 0 fully saturated rings. The van der Waals surface area contributed by atoms with E-state index in [-0.39, 0.29) is 12.6 Å². The number of aliphatic imine (C=N–C) groups is 1. The zero-order valence-electron chi connectivity index (χ0n) is 15.0. The third-order valence-electron chi connectivity index (χ3n) is 4.11. The number of thioether (sulfide) groups is 2. The fourth-order valence-corrected chi connectivity index (χ4v) is 4.74. The van der Waals surface area contributed by atoms with Crippen LogP contribution in [0.2, 0.25) is 0 Å². The van der Waals surface area contributed by atoms with Crippen LogP contribution in [0.1, 0.15) is 21.6 Å². The van der Waals surface area contributed by atoms with Crippen LogP contribution in [-0.2, 0) is 17.1 Å². The van der Waals surface area contributed by atoms with Gasteiger partial charge in [0.1, 0.15) is 16.7 Å². The van der Waals surface area contributed by atoms with Crippen LogP contribution in [0.25, 0.3) is 11.3 Å². The van der Waals surface area contributed by atoms with Gasteiger partial charge in [0.2, 0.25) is 0 Å². The minimum Gasteiger partial charge on any atom is -0.455 e. The number of carbonyl (C=O) groups is 1. The molecule has 0 unspecified atom stereocenters. The fourth-order valence-electron chi connectivity index (χ4n) is 2.72. The van der Waals surface area contributed by atoms with Gasteiger partial charge in [-0.2, -0.15) is 0 Å². The first-order valence-corrected chi connectivity index (χ1v) is 10.8. The lowest BCUT2D eigenvalue weighted by Gasteiger charge is -2.08. The van der Waals surface area contributed by atoms with Gasteiger partial charge in [-0.3, -0.25) is 4.99 Å². The lowest BCUT2D eigenvalue weighted by atomic mass is 10.1. The van der Waals surface area contributed by atoms with E-state index >= 15 is 0 Å². The van der Waals surface area contributed by atoms with Gasteiger partial charge in [-0.15, -0.1) is 0 Å². The van der Waals surface area contributed by atoms with Crippen molar-refractivity contribution in [3.8, 4) is 11.3 Å². The molecule has 1 aromatic heterocycles. The van der Waals surface area contributed by atoms with Gasteiger partial charge in [0.25, 0.3) is 0 Å². The molecule has 7 heteroatoms. The molecule has 0 radical (unpaired) electrons. The second-order valence-electron chi connectivity index (χ2n) is 6.07. The highest BCUT2D eigenvalue weighted by Crippen LogP contribution is 2.27. The summed E-state index contributed by atoms with van der Waals surface area (Å²) in [4.78, 5) is 17.0. The summed E-state index contributed by atoms with van der Waals surface area (Å²) in [5.74, 6) is 2.02. The van der Waals surface area contributed by atoms with Crippen LogP contribution < -0.4 is 0 Å². The summed E-state index contributed by atoms with van der Waals surface area (Å²) in [6.45, 7) is 0.943. The standard InChI is InChI=1S/C21H18N2O3S2/c24-20(18-9-5-4-8-16(18)14-28-21-22-10-11-27-21)25-13-17-12-19(26-23-17)15-6-2-1-3-7-15/h1-9,12H,10-11,13-14H2. The number of hydrogen-bond acceptors (Lipinski definition) is 7. The third kappa shape index (κ3) is 4.66. The smallest absolute Gasteiger partial charge is 0.338 e. The Kier molecular flexibility index (Phi) is 6.14. The molecular weight excluding hydrogens is 392 g/mol. The summed E-state index contributed by atoms with van der Waals surface area (Å²) in [7, 11) is 0. The molecule has 1 aliphatic rings. The Morgan fingerprint density at radius 1 is 1.14 bits per heavy atom. The number of ether oxygens (including phenoxy) is 1. The van der Waals surface area contributed by atoms with Gasteiger partial charge in [-0.1, -0.05) is 77.2 Å². The third-order valence-corrected chi connectivity index (χ3v) is 6.42. The van der Waals surface area contributed by atoms with Crippen molar-refractivity contribution in [2.24, 2.45) is 4.99 Å². The Morgan fingerprint density at radius 3 is 2.79 bits per heavy atom. The Bertz CT molecular complexity index is 986. The highest BCUT2D eigenvalue weighted by atomic mass is 32.2. The van der Waals surface area contributed by atoms with Crippen LogP contribution in [0.3, 0.4) is 0 Å². The zero-order chi connectivity index (χ0) is 19.2. The van der Waals surface area contributed by atoms with Crippen molar-refractivity contribution < 1.29 is 14.1 Å². The number of benzene rings is 2. The predicted octanol–water partition coefficient (Wildman–Crippen LogP) is 5.03. The fraction of sp³-hybridized carbons (Fsp3) is 0.190. The lowest BCUT2D eigenvalue weighted by Crippen LogP contribution is -2.08. The second-order valence-corrected chi connectivity index (χ2v) is 8.37. The zero-order valence-corrected chi connectivity index (χ0v) is 16.7. The molecule has 0 N–H and O–H groups in total. The average molecular weight is 411 g/mol. The van der Waals surface area contributed by atoms with E-state index in [0.717, 1.165) is 27.8 Å². The van der Waals surface area contributed by atoms with E-state index < -0.39 is 0 Å².